The second-order valence-electron chi connectivity index (χ2n) is 8.40. The molecule has 2 aromatic carbocycles. The highest BCUT2D eigenvalue weighted by atomic mass is 35.5. The SMILES string of the molecule is CN(C)C1CCN(c2ccc(NC(=O)N3CCN(c4ccc(Cl)c(Cl)c4)CC3)cc2)C1. The third-order valence-corrected chi connectivity index (χ3v) is 6.95. The van der Waals surface area contributed by atoms with Crippen LogP contribution in [0.3, 0.4) is 0 Å². The van der Waals surface area contributed by atoms with Gasteiger partial charge in [0.2, 0.25) is 0 Å². The molecular weight excluding hydrogens is 433 g/mol. The smallest absolute Gasteiger partial charge is 0.321 e. The van der Waals surface area contributed by atoms with Gasteiger partial charge in [0.25, 0.3) is 0 Å². The summed E-state index contributed by atoms with van der Waals surface area (Å²) in [5.74, 6) is 0. The molecule has 2 heterocycles. The summed E-state index contributed by atoms with van der Waals surface area (Å²) in [4.78, 5) is 21.5. The van der Waals surface area contributed by atoms with Gasteiger partial charge in [-0.1, -0.05) is 23.2 Å². The number of hydrogen-bond donors (Lipinski definition) is 1. The Balaban J connectivity index is 1.28. The standard InChI is InChI=1S/C23H29Cl2N5O/c1-27(2)20-9-10-30(16-20)18-5-3-17(4-6-18)26-23(31)29-13-11-28(12-14-29)19-7-8-21(24)22(25)15-19/h3-8,15,20H,9-14,16H2,1-2H3,(H,26,31). The predicted octanol–water partition coefficient (Wildman–Crippen LogP) is 4.49. The van der Waals surface area contributed by atoms with Gasteiger partial charge in [-0.05, 0) is 63.0 Å². The Morgan fingerprint density at radius 1 is 0.903 bits per heavy atom. The number of anilines is 3. The minimum Gasteiger partial charge on any atom is -0.370 e. The van der Waals surface area contributed by atoms with Gasteiger partial charge in [-0.25, -0.2) is 4.79 Å². The first-order chi connectivity index (χ1) is 14.9. The van der Waals surface area contributed by atoms with Gasteiger partial charge in [0, 0.05) is 62.4 Å². The Morgan fingerprint density at radius 2 is 1.58 bits per heavy atom. The van der Waals surface area contributed by atoms with Crippen LogP contribution >= 0.6 is 23.2 Å². The Labute approximate surface area is 194 Å². The molecule has 0 aromatic heterocycles. The number of nitrogens with one attached hydrogen (secondary N) is 1. The number of halogens is 2. The van der Waals surface area contributed by atoms with E-state index in [-0.39, 0.29) is 6.03 Å². The summed E-state index contributed by atoms with van der Waals surface area (Å²) in [6, 6.07) is 14.4. The first kappa shape index (κ1) is 22.1. The lowest BCUT2D eigenvalue weighted by atomic mass is 10.2. The average Bonchev–Trinajstić information content (AvgIpc) is 3.27. The molecule has 1 N–H and O–H groups in total. The number of carbonyl (C=O) groups excluding carboxylic acids is 1. The van der Waals surface area contributed by atoms with Crippen molar-refractivity contribution in [1.82, 2.24) is 9.80 Å². The van der Waals surface area contributed by atoms with Gasteiger partial charge in [0.05, 0.1) is 10.0 Å². The van der Waals surface area contributed by atoms with E-state index in [1.165, 1.54) is 12.1 Å². The highest BCUT2D eigenvalue weighted by Crippen LogP contribution is 2.28. The average molecular weight is 462 g/mol. The van der Waals surface area contributed by atoms with E-state index in [0.717, 1.165) is 37.6 Å². The van der Waals surface area contributed by atoms with Crippen LogP contribution in [0, 0.1) is 0 Å². The van der Waals surface area contributed by atoms with E-state index in [1.807, 2.05) is 35.2 Å². The van der Waals surface area contributed by atoms with Crippen molar-refractivity contribution in [2.24, 2.45) is 0 Å². The summed E-state index contributed by atoms with van der Waals surface area (Å²) in [7, 11) is 4.27. The van der Waals surface area contributed by atoms with E-state index >= 15 is 0 Å². The third kappa shape index (κ3) is 5.20. The fraction of sp³-hybridized carbons (Fsp3) is 0.435. The lowest BCUT2D eigenvalue weighted by Crippen LogP contribution is -2.50. The Bertz CT molecular complexity index is 913. The number of hydrogen-bond acceptors (Lipinski definition) is 4. The van der Waals surface area contributed by atoms with Crippen molar-refractivity contribution in [3.8, 4) is 0 Å². The fourth-order valence-electron chi connectivity index (χ4n) is 4.21. The molecule has 4 rings (SSSR count). The number of carbonyl (C=O) groups is 1. The minimum absolute atomic E-state index is 0.0598. The van der Waals surface area contributed by atoms with E-state index in [9.17, 15) is 4.79 Å². The molecule has 2 amide bonds. The minimum atomic E-state index is -0.0598. The van der Waals surface area contributed by atoms with Gasteiger partial charge in [-0.15, -0.1) is 0 Å². The largest absolute Gasteiger partial charge is 0.370 e. The van der Waals surface area contributed by atoms with Crippen molar-refractivity contribution in [2.45, 2.75) is 12.5 Å². The molecule has 8 heteroatoms. The summed E-state index contributed by atoms with van der Waals surface area (Å²) in [6.45, 7) is 4.94. The van der Waals surface area contributed by atoms with Crippen LogP contribution in [0.2, 0.25) is 10.0 Å². The number of piperazine rings is 1. The number of urea groups is 1. The van der Waals surface area contributed by atoms with Crippen LogP contribution < -0.4 is 15.1 Å². The summed E-state index contributed by atoms with van der Waals surface area (Å²) < 4.78 is 0. The normalized spacial score (nSPS) is 19.3. The van der Waals surface area contributed by atoms with Gasteiger partial charge >= 0.3 is 6.03 Å². The molecular formula is C23H29Cl2N5O. The molecule has 2 fully saturated rings. The van der Waals surface area contributed by atoms with Crippen molar-refractivity contribution in [3.05, 3.63) is 52.5 Å². The van der Waals surface area contributed by atoms with Crippen LogP contribution in [-0.2, 0) is 0 Å². The quantitative estimate of drug-likeness (QED) is 0.728. The molecule has 1 atom stereocenters. The van der Waals surface area contributed by atoms with Crippen LogP contribution in [0.15, 0.2) is 42.5 Å². The maximum absolute atomic E-state index is 12.7. The first-order valence-corrected chi connectivity index (χ1v) is 11.4. The van der Waals surface area contributed by atoms with Crippen molar-refractivity contribution in [1.29, 1.82) is 0 Å². The predicted molar refractivity (Wildman–Crippen MR) is 130 cm³/mol. The molecule has 2 aliphatic heterocycles. The number of nitrogens with zero attached hydrogens (tertiary/aromatic N) is 4. The summed E-state index contributed by atoms with van der Waals surface area (Å²) in [6.07, 6.45) is 1.18. The van der Waals surface area contributed by atoms with Crippen molar-refractivity contribution in [3.63, 3.8) is 0 Å². The second-order valence-corrected chi connectivity index (χ2v) is 9.22. The van der Waals surface area contributed by atoms with Gasteiger partial charge in [0.15, 0.2) is 0 Å². The number of amides is 2. The molecule has 166 valence electrons. The van der Waals surface area contributed by atoms with E-state index < -0.39 is 0 Å². The van der Waals surface area contributed by atoms with Crippen LogP contribution in [0.25, 0.3) is 0 Å². The van der Waals surface area contributed by atoms with Crippen LogP contribution in [-0.4, -0.2) is 75.2 Å². The second kappa shape index (κ2) is 9.55. The number of benzene rings is 2. The molecule has 1 unspecified atom stereocenters. The molecule has 6 nitrogen and oxygen atoms in total. The zero-order chi connectivity index (χ0) is 22.0. The summed E-state index contributed by atoms with van der Waals surface area (Å²) in [5, 5.41) is 4.13. The van der Waals surface area contributed by atoms with Gasteiger partial charge in [-0.3, -0.25) is 0 Å². The Hall–Kier alpha value is -2.15. The highest BCUT2D eigenvalue weighted by Gasteiger charge is 2.24. The molecule has 0 saturated carbocycles. The van der Waals surface area contributed by atoms with Crippen LogP contribution in [0.4, 0.5) is 21.9 Å². The number of likely N-dealkylation sites (N-methyl/N-ethyl adjacent to an activating group) is 1. The van der Waals surface area contributed by atoms with E-state index in [0.29, 0.717) is 29.2 Å². The van der Waals surface area contributed by atoms with Crippen molar-refractivity contribution >= 4 is 46.3 Å². The molecule has 0 aliphatic carbocycles. The zero-order valence-corrected chi connectivity index (χ0v) is 19.5. The van der Waals surface area contributed by atoms with Crippen LogP contribution in [0.5, 0.6) is 0 Å². The zero-order valence-electron chi connectivity index (χ0n) is 18.0. The Morgan fingerprint density at radius 3 is 2.19 bits per heavy atom. The maximum atomic E-state index is 12.7. The van der Waals surface area contributed by atoms with Gasteiger partial charge < -0.3 is 24.9 Å². The Kier molecular flexibility index (Phi) is 6.80. The molecule has 0 bridgehead atoms. The first-order valence-electron chi connectivity index (χ1n) is 10.7. The highest BCUT2D eigenvalue weighted by molar-refractivity contribution is 6.42. The molecule has 0 spiro atoms. The molecule has 31 heavy (non-hydrogen) atoms. The monoisotopic (exact) mass is 461 g/mol. The van der Waals surface area contributed by atoms with Crippen molar-refractivity contribution < 1.29 is 4.79 Å². The summed E-state index contributed by atoms with van der Waals surface area (Å²) in [5.41, 5.74) is 3.06. The molecule has 0 radical (unpaired) electrons. The summed E-state index contributed by atoms with van der Waals surface area (Å²) >= 11 is 12.1. The van der Waals surface area contributed by atoms with E-state index in [1.54, 1.807) is 0 Å². The third-order valence-electron chi connectivity index (χ3n) is 6.21. The maximum Gasteiger partial charge on any atom is 0.321 e. The van der Waals surface area contributed by atoms with E-state index in [4.69, 9.17) is 23.2 Å². The van der Waals surface area contributed by atoms with E-state index in [2.05, 4.69) is 46.2 Å². The van der Waals surface area contributed by atoms with Crippen LogP contribution in [0.1, 0.15) is 6.42 Å². The molecule has 2 aliphatic rings. The number of rotatable bonds is 4. The lowest BCUT2D eigenvalue weighted by Gasteiger charge is -2.36. The topological polar surface area (TPSA) is 42.1 Å². The lowest BCUT2D eigenvalue weighted by molar-refractivity contribution is 0.208. The fourth-order valence-corrected chi connectivity index (χ4v) is 4.50. The van der Waals surface area contributed by atoms with Crippen molar-refractivity contribution in [2.75, 3.05) is 68.5 Å². The van der Waals surface area contributed by atoms with Gasteiger partial charge in [-0.2, -0.15) is 0 Å². The van der Waals surface area contributed by atoms with Gasteiger partial charge in [0.1, 0.15) is 0 Å². The molecule has 2 saturated heterocycles. The molecule has 2 aromatic rings.